The number of hydrogen-bond acceptors (Lipinski definition) is 1. The van der Waals surface area contributed by atoms with E-state index in [1.54, 1.807) is 11.1 Å². The summed E-state index contributed by atoms with van der Waals surface area (Å²) in [5, 5.41) is 0. The van der Waals surface area contributed by atoms with Crippen molar-refractivity contribution >= 4 is 15.9 Å². The van der Waals surface area contributed by atoms with Gasteiger partial charge in [-0.1, -0.05) is 41.1 Å². The number of alkyl halides is 1. The molecule has 1 nitrogen and oxygen atoms in total. The fraction of sp³-hybridized carbons (Fsp3) is 0.667. The second-order valence-electron chi connectivity index (χ2n) is 6.62. The van der Waals surface area contributed by atoms with Crippen LogP contribution in [0.2, 0.25) is 0 Å². The summed E-state index contributed by atoms with van der Waals surface area (Å²) >= 11 is 3.97. The van der Waals surface area contributed by atoms with Crippen LogP contribution >= 0.6 is 15.9 Å². The van der Waals surface area contributed by atoms with Crippen LogP contribution in [0.3, 0.4) is 0 Å². The standard InChI is InChI=1S/C18H25BrO/c1-11-12(2)20-13(3)17(11)18(19)16-9-8-14-6-4-5-7-15(14)10-16/h8-13,17-18H,4-7H2,1-3H3. The molecule has 0 spiro atoms. The van der Waals surface area contributed by atoms with Gasteiger partial charge in [-0.3, -0.25) is 0 Å². The zero-order valence-electron chi connectivity index (χ0n) is 12.7. The van der Waals surface area contributed by atoms with Gasteiger partial charge in [0.05, 0.1) is 12.2 Å². The fourth-order valence-corrected chi connectivity index (χ4v) is 5.14. The lowest BCUT2D eigenvalue weighted by Gasteiger charge is -2.26. The van der Waals surface area contributed by atoms with Gasteiger partial charge >= 0.3 is 0 Å². The Kier molecular flexibility index (Phi) is 4.24. The zero-order valence-corrected chi connectivity index (χ0v) is 14.3. The van der Waals surface area contributed by atoms with Gasteiger partial charge in [-0.25, -0.2) is 0 Å². The van der Waals surface area contributed by atoms with E-state index in [2.05, 4.69) is 54.9 Å². The van der Waals surface area contributed by atoms with Crippen molar-refractivity contribution in [2.75, 3.05) is 0 Å². The zero-order chi connectivity index (χ0) is 14.3. The van der Waals surface area contributed by atoms with E-state index in [9.17, 15) is 0 Å². The molecule has 1 aliphatic heterocycles. The summed E-state index contributed by atoms with van der Waals surface area (Å²) in [6, 6.07) is 7.12. The van der Waals surface area contributed by atoms with E-state index < -0.39 is 0 Å². The fourth-order valence-electron chi connectivity index (χ4n) is 3.95. The van der Waals surface area contributed by atoms with E-state index in [4.69, 9.17) is 4.74 Å². The summed E-state index contributed by atoms with van der Waals surface area (Å²) in [4.78, 5) is 0.407. The lowest BCUT2D eigenvalue weighted by molar-refractivity contribution is 0.0511. The Bertz CT molecular complexity index is 484. The van der Waals surface area contributed by atoms with Crippen LogP contribution in [-0.4, -0.2) is 12.2 Å². The predicted molar refractivity (Wildman–Crippen MR) is 87.4 cm³/mol. The number of hydrogen-bond donors (Lipinski definition) is 0. The maximum absolute atomic E-state index is 6.01. The van der Waals surface area contributed by atoms with Crippen molar-refractivity contribution in [3.8, 4) is 0 Å². The predicted octanol–water partition coefficient (Wildman–Crippen LogP) is 5.06. The summed E-state index contributed by atoms with van der Waals surface area (Å²) < 4.78 is 6.01. The molecule has 1 fully saturated rings. The number of rotatable bonds is 2. The molecule has 0 aromatic heterocycles. The Hall–Kier alpha value is -0.340. The minimum absolute atomic E-state index is 0.334. The highest BCUT2D eigenvalue weighted by molar-refractivity contribution is 9.09. The lowest BCUT2D eigenvalue weighted by Crippen LogP contribution is -2.22. The Morgan fingerprint density at radius 1 is 1.05 bits per heavy atom. The van der Waals surface area contributed by atoms with Crippen molar-refractivity contribution in [1.82, 2.24) is 0 Å². The minimum atomic E-state index is 0.334. The molecule has 0 radical (unpaired) electrons. The van der Waals surface area contributed by atoms with Crippen LogP contribution in [0.1, 0.15) is 55.1 Å². The van der Waals surface area contributed by atoms with E-state index in [0.29, 0.717) is 28.9 Å². The topological polar surface area (TPSA) is 9.23 Å². The first kappa shape index (κ1) is 14.6. The van der Waals surface area contributed by atoms with E-state index in [1.165, 1.54) is 31.2 Å². The summed E-state index contributed by atoms with van der Waals surface area (Å²) in [7, 11) is 0. The van der Waals surface area contributed by atoms with Crippen molar-refractivity contribution in [1.29, 1.82) is 0 Å². The first-order valence-electron chi connectivity index (χ1n) is 7.99. The van der Waals surface area contributed by atoms with Gasteiger partial charge in [-0.05, 0) is 62.1 Å². The highest BCUT2D eigenvalue weighted by Gasteiger charge is 2.41. The molecule has 0 saturated carbocycles. The van der Waals surface area contributed by atoms with Crippen molar-refractivity contribution < 1.29 is 4.74 Å². The van der Waals surface area contributed by atoms with Crippen molar-refractivity contribution in [2.24, 2.45) is 11.8 Å². The molecule has 0 amide bonds. The molecule has 0 bridgehead atoms. The summed E-state index contributed by atoms with van der Waals surface area (Å²) in [6.07, 6.45) is 5.92. The molecule has 20 heavy (non-hydrogen) atoms. The van der Waals surface area contributed by atoms with Crippen LogP contribution < -0.4 is 0 Å². The summed E-state index contributed by atoms with van der Waals surface area (Å²) in [5.41, 5.74) is 4.58. The maximum Gasteiger partial charge on any atom is 0.0596 e. The first-order valence-corrected chi connectivity index (χ1v) is 8.90. The molecule has 1 aliphatic carbocycles. The van der Waals surface area contributed by atoms with Crippen LogP contribution in [0.4, 0.5) is 0 Å². The van der Waals surface area contributed by atoms with Gasteiger partial charge in [0.25, 0.3) is 0 Å². The maximum atomic E-state index is 6.01. The lowest BCUT2D eigenvalue weighted by atomic mass is 9.82. The molecule has 1 saturated heterocycles. The second kappa shape index (κ2) is 5.81. The molecule has 1 heterocycles. The third-order valence-corrected chi connectivity index (χ3v) is 6.49. The van der Waals surface area contributed by atoms with E-state index in [1.807, 2.05) is 0 Å². The third kappa shape index (κ3) is 2.57. The van der Waals surface area contributed by atoms with Gasteiger partial charge < -0.3 is 4.74 Å². The largest absolute Gasteiger partial charge is 0.375 e. The first-order chi connectivity index (χ1) is 9.58. The number of ether oxygens (including phenoxy) is 1. The van der Waals surface area contributed by atoms with Gasteiger partial charge in [0.2, 0.25) is 0 Å². The number of halogens is 1. The monoisotopic (exact) mass is 336 g/mol. The average Bonchev–Trinajstić information content (AvgIpc) is 2.71. The molecular weight excluding hydrogens is 312 g/mol. The van der Waals surface area contributed by atoms with Crippen molar-refractivity contribution in [3.63, 3.8) is 0 Å². The summed E-state index contributed by atoms with van der Waals surface area (Å²) in [6.45, 7) is 6.75. The highest BCUT2D eigenvalue weighted by Crippen LogP contribution is 2.45. The quantitative estimate of drug-likeness (QED) is 0.686. The van der Waals surface area contributed by atoms with Crippen molar-refractivity contribution in [2.45, 2.75) is 63.5 Å². The SMILES string of the molecule is CC1OC(C)C(C(Br)c2ccc3c(c2)CCCC3)C1C. The average molecular weight is 337 g/mol. The molecule has 110 valence electrons. The molecule has 5 atom stereocenters. The second-order valence-corrected chi connectivity index (χ2v) is 7.61. The Morgan fingerprint density at radius 2 is 1.75 bits per heavy atom. The van der Waals surface area contributed by atoms with E-state index in [0.717, 1.165) is 0 Å². The van der Waals surface area contributed by atoms with E-state index >= 15 is 0 Å². The van der Waals surface area contributed by atoms with Crippen LogP contribution in [0.15, 0.2) is 18.2 Å². The molecule has 5 unspecified atom stereocenters. The molecular formula is C18H25BrO. The number of benzene rings is 1. The van der Waals surface area contributed by atoms with Crippen LogP contribution in [0.5, 0.6) is 0 Å². The normalized spacial score (nSPS) is 34.8. The van der Waals surface area contributed by atoms with E-state index in [-0.39, 0.29) is 0 Å². The van der Waals surface area contributed by atoms with Crippen LogP contribution in [0.25, 0.3) is 0 Å². The highest BCUT2D eigenvalue weighted by atomic mass is 79.9. The van der Waals surface area contributed by atoms with Gasteiger partial charge in [-0.2, -0.15) is 0 Å². The molecule has 1 aromatic carbocycles. The summed E-state index contributed by atoms with van der Waals surface area (Å²) in [5.74, 6) is 1.16. The molecule has 2 aliphatic rings. The Morgan fingerprint density at radius 3 is 2.40 bits per heavy atom. The van der Waals surface area contributed by atoms with Gasteiger partial charge in [0.1, 0.15) is 0 Å². The van der Waals surface area contributed by atoms with Crippen LogP contribution in [0, 0.1) is 11.8 Å². The van der Waals surface area contributed by atoms with Gasteiger partial charge in [0, 0.05) is 10.7 Å². The number of fused-ring (bicyclic) bond motifs is 1. The molecule has 2 heteroatoms. The van der Waals surface area contributed by atoms with Gasteiger partial charge in [-0.15, -0.1) is 0 Å². The van der Waals surface area contributed by atoms with Crippen molar-refractivity contribution in [3.05, 3.63) is 34.9 Å². The molecule has 0 N–H and O–H groups in total. The number of aryl methyl sites for hydroxylation is 2. The Labute approximate surface area is 131 Å². The Balaban J connectivity index is 1.85. The van der Waals surface area contributed by atoms with Gasteiger partial charge in [0.15, 0.2) is 0 Å². The van der Waals surface area contributed by atoms with Crippen LogP contribution in [-0.2, 0) is 17.6 Å². The minimum Gasteiger partial charge on any atom is -0.375 e. The smallest absolute Gasteiger partial charge is 0.0596 e. The molecule has 3 rings (SSSR count). The third-order valence-electron chi connectivity index (χ3n) is 5.35. The molecule has 1 aromatic rings.